The van der Waals surface area contributed by atoms with Crippen LogP contribution < -0.4 is 10.6 Å². The molecule has 2 rings (SSSR count). The molecule has 2 N–H and O–H groups in total. The van der Waals surface area contributed by atoms with Crippen molar-refractivity contribution in [3.63, 3.8) is 0 Å². The first-order valence-electron chi connectivity index (χ1n) is 6.36. The Hall–Kier alpha value is -0.680. The first kappa shape index (κ1) is 20.4. The molecular weight excluding hydrogens is 401 g/mol. The summed E-state index contributed by atoms with van der Waals surface area (Å²) in [6, 6.07) is 9.64. The molecule has 1 amide bonds. The van der Waals surface area contributed by atoms with Gasteiger partial charge in [-0.05, 0) is 36.4 Å². The van der Waals surface area contributed by atoms with Crippen molar-refractivity contribution in [3.8, 4) is 0 Å². The Morgan fingerprint density at radius 3 is 2.22 bits per heavy atom. The van der Waals surface area contributed by atoms with Crippen molar-refractivity contribution in [2.75, 3.05) is 18.0 Å². The lowest BCUT2D eigenvalue weighted by Gasteiger charge is -2.23. The van der Waals surface area contributed by atoms with Crippen molar-refractivity contribution >= 4 is 70.4 Å². The number of anilines is 1. The lowest BCUT2D eigenvalue weighted by Crippen LogP contribution is -2.35. The summed E-state index contributed by atoms with van der Waals surface area (Å²) in [6.45, 7) is 0.604. The Labute approximate surface area is 160 Å². The van der Waals surface area contributed by atoms with Crippen LogP contribution in [0.15, 0.2) is 36.4 Å². The Morgan fingerprint density at radius 2 is 1.65 bits per heavy atom. The SMILES string of the molecule is Cl.NCCN(C(=O)c1ccc(Cl)cc1Cl)c1ccc(Cl)c(Cl)c1. The van der Waals surface area contributed by atoms with Crippen LogP contribution in [0.25, 0.3) is 0 Å². The molecule has 0 radical (unpaired) electrons. The second-order valence-electron chi connectivity index (χ2n) is 4.47. The number of carbonyl (C=O) groups excluding carboxylic acids is 1. The van der Waals surface area contributed by atoms with Crippen molar-refractivity contribution in [1.29, 1.82) is 0 Å². The molecule has 23 heavy (non-hydrogen) atoms. The maximum absolute atomic E-state index is 12.7. The van der Waals surface area contributed by atoms with E-state index in [0.717, 1.165) is 0 Å². The molecule has 0 bridgehead atoms. The van der Waals surface area contributed by atoms with Crippen molar-refractivity contribution in [2.24, 2.45) is 5.73 Å². The molecule has 0 heterocycles. The number of carbonyl (C=O) groups is 1. The molecule has 2 aromatic rings. The van der Waals surface area contributed by atoms with Gasteiger partial charge in [-0.3, -0.25) is 4.79 Å². The highest BCUT2D eigenvalue weighted by atomic mass is 35.5. The molecule has 0 unspecified atom stereocenters. The third-order valence-electron chi connectivity index (χ3n) is 2.97. The Balaban J connectivity index is 0.00000264. The fraction of sp³-hybridized carbons (Fsp3) is 0.133. The molecule has 3 nitrogen and oxygen atoms in total. The topological polar surface area (TPSA) is 46.3 Å². The summed E-state index contributed by atoms with van der Waals surface area (Å²) in [5.74, 6) is -0.287. The van der Waals surface area contributed by atoms with E-state index in [0.29, 0.717) is 32.9 Å². The summed E-state index contributed by atoms with van der Waals surface area (Å²) in [6.07, 6.45) is 0. The number of hydrogen-bond acceptors (Lipinski definition) is 2. The molecule has 0 saturated heterocycles. The lowest BCUT2D eigenvalue weighted by atomic mass is 10.1. The van der Waals surface area contributed by atoms with Gasteiger partial charge in [-0.15, -0.1) is 12.4 Å². The molecule has 2 aromatic carbocycles. The van der Waals surface area contributed by atoms with Crippen LogP contribution in [0.3, 0.4) is 0 Å². The second-order valence-corrected chi connectivity index (χ2v) is 6.13. The molecule has 0 spiro atoms. The number of hydrogen-bond donors (Lipinski definition) is 1. The molecule has 0 aliphatic carbocycles. The third kappa shape index (κ3) is 4.90. The first-order chi connectivity index (χ1) is 10.4. The van der Waals surface area contributed by atoms with Gasteiger partial charge in [0.2, 0.25) is 0 Å². The van der Waals surface area contributed by atoms with Crippen LogP contribution in [-0.2, 0) is 0 Å². The fourth-order valence-corrected chi connectivity index (χ4v) is 2.72. The zero-order valence-electron chi connectivity index (χ0n) is 11.7. The van der Waals surface area contributed by atoms with E-state index in [1.165, 1.54) is 11.0 Å². The highest BCUT2D eigenvalue weighted by molar-refractivity contribution is 6.42. The molecule has 0 aliphatic heterocycles. The van der Waals surface area contributed by atoms with Crippen molar-refractivity contribution in [2.45, 2.75) is 0 Å². The van der Waals surface area contributed by atoms with Gasteiger partial charge in [-0.25, -0.2) is 0 Å². The maximum atomic E-state index is 12.7. The van der Waals surface area contributed by atoms with E-state index in [-0.39, 0.29) is 29.9 Å². The molecule has 0 atom stereocenters. The van der Waals surface area contributed by atoms with Gasteiger partial charge in [0.25, 0.3) is 5.91 Å². The standard InChI is InChI=1S/C15H12Cl4N2O.ClH/c16-9-1-3-11(13(18)7-9)15(22)21(6-5-20)10-2-4-12(17)14(19)8-10;/h1-4,7-8H,5-6,20H2;1H. The van der Waals surface area contributed by atoms with E-state index in [9.17, 15) is 4.79 Å². The average molecular weight is 415 g/mol. The molecule has 0 aliphatic rings. The number of nitrogens with two attached hydrogens (primary N) is 1. The van der Waals surface area contributed by atoms with E-state index >= 15 is 0 Å². The van der Waals surface area contributed by atoms with E-state index in [2.05, 4.69) is 0 Å². The second kappa shape index (κ2) is 8.97. The van der Waals surface area contributed by atoms with Gasteiger partial charge in [0, 0.05) is 23.8 Å². The maximum Gasteiger partial charge on any atom is 0.259 e. The van der Waals surface area contributed by atoms with Gasteiger partial charge in [-0.1, -0.05) is 46.4 Å². The summed E-state index contributed by atoms with van der Waals surface area (Å²) in [4.78, 5) is 14.2. The highest BCUT2D eigenvalue weighted by Gasteiger charge is 2.20. The number of amides is 1. The zero-order chi connectivity index (χ0) is 16.3. The summed E-state index contributed by atoms with van der Waals surface area (Å²) in [7, 11) is 0. The normalized spacial score (nSPS) is 10.1. The van der Waals surface area contributed by atoms with Crippen molar-refractivity contribution in [1.82, 2.24) is 0 Å². The summed E-state index contributed by atoms with van der Waals surface area (Å²) >= 11 is 23.9. The highest BCUT2D eigenvalue weighted by Crippen LogP contribution is 2.29. The van der Waals surface area contributed by atoms with Crippen molar-refractivity contribution < 1.29 is 4.79 Å². The van der Waals surface area contributed by atoms with Crippen LogP contribution >= 0.6 is 58.8 Å². The molecule has 0 fully saturated rings. The van der Waals surface area contributed by atoms with Gasteiger partial charge < -0.3 is 10.6 Å². The third-order valence-corrected chi connectivity index (χ3v) is 4.26. The van der Waals surface area contributed by atoms with E-state index in [4.69, 9.17) is 52.1 Å². The minimum atomic E-state index is -0.287. The summed E-state index contributed by atoms with van der Waals surface area (Å²) < 4.78 is 0. The van der Waals surface area contributed by atoms with Gasteiger partial charge in [-0.2, -0.15) is 0 Å². The van der Waals surface area contributed by atoms with Crippen LogP contribution in [0.2, 0.25) is 20.1 Å². The van der Waals surface area contributed by atoms with Crippen LogP contribution in [-0.4, -0.2) is 19.0 Å². The molecule has 0 aromatic heterocycles. The number of benzene rings is 2. The zero-order valence-corrected chi connectivity index (χ0v) is 15.6. The molecule has 8 heteroatoms. The van der Waals surface area contributed by atoms with Gasteiger partial charge in [0.1, 0.15) is 0 Å². The monoisotopic (exact) mass is 412 g/mol. The lowest BCUT2D eigenvalue weighted by molar-refractivity contribution is 0.0988. The molecule has 124 valence electrons. The smallest absolute Gasteiger partial charge is 0.259 e. The van der Waals surface area contributed by atoms with Crippen LogP contribution in [0, 0.1) is 0 Å². The minimum absolute atomic E-state index is 0. The number of rotatable bonds is 4. The minimum Gasteiger partial charge on any atom is -0.329 e. The Kier molecular flexibility index (Phi) is 7.95. The van der Waals surface area contributed by atoms with Crippen LogP contribution in [0.1, 0.15) is 10.4 Å². The van der Waals surface area contributed by atoms with Crippen LogP contribution in [0.4, 0.5) is 5.69 Å². The molecular formula is C15H13Cl5N2O. The largest absolute Gasteiger partial charge is 0.329 e. The Morgan fingerprint density at radius 1 is 0.957 bits per heavy atom. The van der Waals surface area contributed by atoms with Gasteiger partial charge in [0.15, 0.2) is 0 Å². The molecule has 0 saturated carbocycles. The van der Waals surface area contributed by atoms with Gasteiger partial charge in [0.05, 0.1) is 20.6 Å². The first-order valence-corrected chi connectivity index (χ1v) is 7.87. The summed E-state index contributed by atoms with van der Waals surface area (Å²) in [5, 5.41) is 1.51. The van der Waals surface area contributed by atoms with Crippen LogP contribution in [0.5, 0.6) is 0 Å². The van der Waals surface area contributed by atoms with Crippen molar-refractivity contribution in [3.05, 3.63) is 62.1 Å². The fourth-order valence-electron chi connectivity index (χ4n) is 1.94. The van der Waals surface area contributed by atoms with Gasteiger partial charge >= 0.3 is 0 Å². The predicted octanol–water partition coefficient (Wildman–Crippen LogP) is 5.33. The van der Waals surface area contributed by atoms with E-state index in [1.54, 1.807) is 30.3 Å². The van der Waals surface area contributed by atoms with E-state index in [1.807, 2.05) is 0 Å². The Bertz CT molecular complexity index is 708. The number of halogens is 5. The average Bonchev–Trinajstić information content (AvgIpc) is 2.47. The summed E-state index contributed by atoms with van der Waals surface area (Å²) in [5.41, 5.74) is 6.54. The van der Waals surface area contributed by atoms with E-state index < -0.39 is 0 Å². The number of nitrogens with zero attached hydrogens (tertiary/aromatic N) is 1. The predicted molar refractivity (Wildman–Crippen MR) is 101 cm³/mol. The quantitative estimate of drug-likeness (QED) is 0.735.